The van der Waals surface area contributed by atoms with E-state index < -0.39 is 0 Å². The van der Waals surface area contributed by atoms with Crippen LogP contribution < -0.4 is 5.73 Å². The largest absolute Gasteiger partial charge is 0.383 e. The number of imidazole rings is 1. The minimum atomic E-state index is 0.708. The van der Waals surface area contributed by atoms with Crippen molar-refractivity contribution in [2.75, 3.05) is 5.73 Å². The normalized spacial score (nSPS) is 18.4. The molecule has 3 heteroatoms. The summed E-state index contributed by atoms with van der Waals surface area (Å²) in [5.74, 6) is 2.69. The van der Waals surface area contributed by atoms with Crippen molar-refractivity contribution in [2.45, 2.75) is 40.2 Å². The molecule has 3 nitrogen and oxygen atoms in total. The highest BCUT2D eigenvalue weighted by atomic mass is 15.1. The van der Waals surface area contributed by atoms with Crippen LogP contribution in [-0.4, -0.2) is 9.55 Å². The Bertz CT molecular complexity index is 605. The fourth-order valence-electron chi connectivity index (χ4n) is 3.05. The van der Waals surface area contributed by atoms with E-state index in [2.05, 4.69) is 43.5 Å². The van der Waals surface area contributed by atoms with Crippen molar-refractivity contribution >= 4 is 5.82 Å². The second kappa shape index (κ2) is 4.41. The molecule has 19 heavy (non-hydrogen) atoms. The Morgan fingerprint density at radius 2 is 1.95 bits per heavy atom. The summed E-state index contributed by atoms with van der Waals surface area (Å²) >= 11 is 0. The lowest BCUT2D eigenvalue weighted by atomic mass is 10.00. The fourth-order valence-corrected chi connectivity index (χ4v) is 3.05. The minimum absolute atomic E-state index is 0.708. The predicted molar refractivity (Wildman–Crippen MR) is 79.0 cm³/mol. The lowest BCUT2D eigenvalue weighted by Crippen LogP contribution is -2.18. The molecule has 1 aromatic carbocycles. The molecule has 100 valence electrons. The molecule has 1 aromatic heterocycles. The quantitative estimate of drug-likeness (QED) is 0.849. The first-order valence-electron chi connectivity index (χ1n) is 6.99. The number of rotatable bonds is 1. The van der Waals surface area contributed by atoms with Crippen LogP contribution in [0.25, 0.3) is 11.3 Å². The van der Waals surface area contributed by atoms with E-state index in [4.69, 9.17) is 10.7 Å². The number of nitrogens with two attached hydrogens (primary N) is 1. The number of fused-ring (bicyclic) bond motifs is 1. The standard InChI is InChI=1S/C16H21N3/c1-10-7-8-19-13(9-10)18-15(16(19)17)14-11(2)5-4-6-12(14)3/h4-6,10H,7-9,17H2,1-3H3. The number of hydrogen-bond donors (Lipinski definition) is 1. The van der Waals surface area contributed by atoms with Crippen LogP contribution in [0.2, 0.25) is 0 Å². The maximum Gasteiger partial charge on any atom is 0.131 e. The van der Waals surface area contributed by atoms with E-state index in [-0.39, 0.29) is 0 Å². The molecule has 1 atom stereocenters. The van der Waals surface area contributed by atoms with Crippen molar-refractivity contribution in [3.63, 3.8) is 0 Å². The molecule has 0 aliphatic carbocycles. The molecule has 2 N–H and O–H groups in total. The zero-order chi connectivity index (χ0) is 13.6. The van der Waals surface area contributed by atoms with E-state index >= 15 is 0 Å². The first-order valence-corrected chi connectivity index (χ1v) is 6.99. The maximum absolute atomic E-state index is 6.34. The van der Waals surface area contributed by atoms with E-state index in [9.17, 15) is 0 Å². The van der Waals surface area contributed by atoms with Crippen molar-refractivity contribution < 1.29 is 0 Å². The van der Waals surface area contributed by atoms with Crippen LogP contribution in [0, 0.1) is 19.8 Å². The summed E-state index contributed by atoms with van der Waals surface area (Å²) in [5.41, 5.74) is 11.0. The van der Waals surface area contributed by atoms with Crippen LogP contribution in [0.5, 0.6) is 0 Å². The van der Waals surface area contributed by atoms with Gasteiger partial charge in [-0.15, -0.1) is 0 Å². The van der Waals surface area contributed by atoms with Gasteiger partial charge in [-0.1, -0.05) is 25.1 Å². The zero-order valence-corrected chi connectivity index (χ0v) is 11.9. The Labute approximate surface area is 114 Å². The third-order valence-corrected chi connectivity index (χ3v) is 4.18. The van der Waals surface area contributed by atoms with Crippen LogP contribution in [0.4, 0.5) is 5.82 Å². The molecule has 1 unspecified atom stereocenters. The van der Waals surface area contributed by atoms with E-state index in [0.717, 1.165) is 30.3 Å². The fraction of sp³-hybridized carbons (Fsp3) is 0.438. The van der Waals surface area contributed by atoms with Gasteiger partial charge in [-0.2, -0.15) is 0 Å². The second-order valence-corrected chi connectivity index (χ2v) is 5.78. The van der Waals surface area contributed by atoms with E-state index in [1.165, 1.54) is 23.1 Å². The molecule has 0 amide bonds. The first-order chi connectivity index (χ1) is 9.08. The molecule has 0 spiro atoms. The molecule has 3 rings (SSSR count). The summed E-state index contributed by atoms with van der Waals surface area (Å²) in [6, 6.07) is 6.34. The summed E-state index contributed by atoms with van der Waals surface area (Å²) in [7, 11) is 0. The maximum atomic E-state index is 6.34. The SMILES string of the molecule is Cc1cccc(C)c1-c1nc2n(c1N)CCC(C)C2. The van der Waals surface area contributed by atoms with Gasteiger partial charge < -0.3 is 10.3 Å². The van der Waals surface area contributed by atoms with Gasteiger partial charge in [0.05, 0.1) is 0 Å². The average Bonchev–Trinajstić information content (AvgIpc) is 2.66. The number of nitrogen functional groups attached to an aromatic ring is 1. The third kappa shape index (κ3) is 1.93. The molecule has 2 aromatic rings. The Balaban J connectivity index is 2.17. The molecule has 0 fully saturated rings. The van der Waals surface area contributed by atoms with Gasteiger partial charge in [0.25, 0.3) is 0 Å². The smallest absolute Gasteiger partial charge is 0.131 e. The van der Waals surface area contributed by atoms with Gasteiger partial charge in [0.2, 0.25) is 0 Å². The minimum Gasteiger partial charge on any atom is -0.383 e. The van der Waals surface area contributed by atoms with Gasteiger partial charge in [-0.25, -0.2) is 4.98 Å². The Hall–Kier alpha value is -1.77. The molecule has 0 bridgehead atoms. The van der Waals surface area contributed by atoms with Crippen LogP contribution in [0.3, 0.4) is 0 Å². The predicted octanol–water partition coefficient (Wildman–Crippen LogP) is 3.33. The lowest BCUT2D eigenvalue weighted by molar-refractivity contribution is 0.412. The monoisotopic (exact) mass is 255 g/mol. The number of nitrogens with zero attached hydrogens (tertiary/aromatic N) is 2. The summed E-state index contributed by atoms with van der Waals surface area (Å²) in [4.78, 5) is 4.83. The van der Waals surface area contributed by atoms with E-state index in [1.807, 2.05) is 0 Å². The van der Waals surface area contributed by atoms with Crippen LogP contribution in [0.15, 0.2) is 18.2 Å². The highest BCUT2D eigenvalue weighted by Crippen LogP contribution is 2.34. The Kier molecular flexibility index (Phi) is 2.85. The van der Waals surface area contributed by atoms with Crippen molar-refractivity contribution in [2.24, 2.45) is 5.92 Å². The molecular formula is C16H21N3. The molecule has 2 heterocycles. The molecule has 1 aliphatic rings. The third-order valence-electron chi connectivity index (χ3n) is 4.18. The van der Waals surface area contributed by atoms with Gasteiger partial charge in [-0.05, 0) is 37.3 Å². The highest BCUT2D eigenvalue weighted by molar-refractivity contribution is 5.76. The van der Waals surface area contributed by atoms with Gasteiger partial charge in [0.1, 0.15) is 17.3 Å². The van der Waals surface area contributed by atoms with E-state index in [1.54, 1.807) is 0 Å². The van der Waals surface area contributed by atoms with Gasteiger partial charge in [0.15, 0.2) is 0 Å². The number of anilines is 1. The van der Waals surface area contributed by atoms with Crippen LogP contribution >= 0.6 is 0 Å². The summed E-state index contributed by atoms with van der Waals surface area (Å²) in [5, 5.41) is 0. The Morgan fingerprint density at radius 1 is 1.26 bits per heavy atom. The number of benzene rings is 1. The molecular weight excluding hydrogens is 234 g/mol. The highest BCUT2D eigenvalue weighted by Gasteiger charge is 2.23. The number of hydrogen-bond acceptors (Lipinski definition) is 2. The topological polar surface area (TPSA) is 43.8 Å². The number of aromatic nitrogens is 2. The molecule has 0 saturated carbocycles. The first kappa shape index (κ1) is 12.3. The summed E-state index contributed by atoms with van der Waals surface area (Å²) in [6.07, 6.45) is 2.23. The van der Waals surface area contributed by atoms with Gasteiger partial charge >= 0.3 is 0 Å². The second-order valence-electron chi connectivity index (χ2n) is 5.78. The molecule has 0 radical (unpaired) electrons. The molecule has 1 aliphatic heterocycles. The van der Waals surface area contributed by atoms with Crippen LogP contribution in [-0.2, 0) is 13.0 Å². The lowest BCUT2D eigenvalue weighted by Gasteiger charge is -2.20. The van der Waals surface area contributed by atoms with Crippen molar-refractivity contribution in [3.05, 3.63) is 35.2 Å². The van der Waals surface area contributed by atoms with Crippen molar-refractivity contribution in [1.82, 2.24) is 9.55 Å². The van der Waals surface area contributed by atoms with Crippen molar-refractivity contribution in [1.29, 1.82) is 0 Å². The van der Waals surface area contributed by atoms with Gasteiger partial charge in [0, 0.05) is 18.5 Å². The van der Waals surface area contributed by atoms with Crippen LogP contribution in [0.1, 0.15) is 30.3 Å². The number of aryl methyl sites for hydroxylation is 2. The van der Waals surface area contributed by atoms with Crippen molar-refractivity contribution in [3.8, 4) is 11.3 Å². The summed E-state index contributed by atoms with van der Waals surface area (Å²) < 4.78 is 2.20. The van der Waals surface area contributed by atoms with Gasteiger partial charge in [-0.3, -0.25) is 0 Å². The average molecular weight is 255 g/mol. The Morgan fingerprint density at radius 3 is 2.63 bits per heavy atom. The van der Waals surface area contributed by atoms with E-state index in [0.29, 0.717) is 5.92 Å². The summed E-state index contributed by atoms with van der Waals surface area (Å²) in [6.45, 7) is 7.54. The molecule has 0 saturated heterocycles. The zero-order valence-electron chi connectivity index (χ0n) is 11.9.